The molecule has 0 aliphatic heterocycles. The molecule has 0 unspecified atom stereocenters. The van der Waals surface area contributed by atoms with Crippen molar-refractivity contribution >= 4 is 40.1 Å². The summed E-state index contributed by atoms with van der Waals surface area (Å²) in [6.45, 7) is 0.322. The van der Waals surface area contributed by atoms with Crippen molar-refractivity contribution in [2.45, 2.75) is 6.61 Å². The lowest BCUT2D eigenvalue weighted by atomic mass is 10.1. The van der Waals surface area contributed by atoms with Crippen molar-refractivity contribution in [1.82, 2.24) is 4.98 Å². The second-order valence-corrected chi connectivity index (χ2v) is 6.72. The van der Waals surface area contributed by atoms with Crippen LogP contribution in [0.3, 0.4) is 0 Å². The van der Waals surface area contributed by atoms with E-state index in [1.165, 1.54) is 17.4 Å². The number of carbonyl (C=O) groups is 1. The van der Waals surface area contributed by atoms with Gasteiger partial charge in [0.15, 0.2) is 5.13 Å². The average Bonchev–Trinajstić information content (AvgIpc) is 3.18. The summed E-state index contributed by atoms with van der Waals surface area (Å²) in [5.74, 6) is 0.108. The fourth-order valence-corrected chi connectivity index (χ4v) is 2.95. The van der Waals surface area contributed by atoms with E-state index in [2.05, 4.69) is 10.3 Å². The summed E-state index contributed by atoms with van der Waals surface area (Å²) >= 11 is 7.41. The van der Waals surface area contributed by atoms with E-state index in [0.29, 0.717) is 28.1 Å². The quantitative estimate of drug-likeness (QED) is 0.474. The van der Waals surface area contributed by atoms with Crippen molar-refractivity contribution < 1.29 is 9.53 Å². The predicted molar refractivity (Wildman–Crippen MR) is 107 cm³/mol. The highest BCUT2D eigenvalue weighted by atomic mass is 35.5. The predicted octanol–water partition coefficient (Wildman–Crippen LogP) is 4.92. The number of nitrogens with one attached hydrogen (secondary N) is 1. The summed E-state index contributed by atoms with van der Waals surface area (Å²) in [4.78, 5) is 16.2. The average molecular weight is 396 g/mol. The third kappa shape index (κ3) is 5.17. The lowest BCUT2D eigenvalue weighted by Gasteiger charge is -2.08. The van der Waals surface area contributed by atoms with Crippen molar-refractivity contribution in [2.75, 3.05) is 5.32 Å². The molecule has 0 aliphatic carbocycles. The van der Waals surface area contributed by atoms with Gasteiger partial charge in [0.25, 0.3) is 5.91 Å². The van der Waals surface area contributed by atoms with Crippen LogP contribution in [0.2, 0.25) is 5.02 Å². The van der Waals surface area contributed by atoms with Gasteiger partial charge in [-0.2, -0.15) is 5.26 Å². The van der Waals surface area contributed by atoms with Crippen LogP contribution in [0.5, 0.6) is 5.75 Å². The molecule has 134 valence electrons. The molecule has 0 bridgehead atoms. The molecule has 0 fully saturated rings. The van der Waals surface area contributed by atoms with E-state index < -0.39 is 5.91 Å². The van der Waals surface area contributed by atoms with Crippen LogP contribution in [0.15, 0.2) is 65.7 Å². The summed E-state index contributed by atoms with van der Waals surface area (Å²) in [5.41, 5.74) is 1.53. The molecule has 5 nitrogen and oxygen atoms in total. The molecule has 1 amide bonds. The van der Waals surface area contributed by atoms with Gasteiger partial charge in [0.1, 0.15) is 24.0 Å². The minimum Gasteiger partial charge on any atom is -0.489 e. The van der Waals surface area contributed by atoms with Gasteiger partial charge in [-0.15, -0.1) is 11.3 Å². The van der Waals surface area contributed by atoms with Crippen LogP contribution in [0.1, 0.15) is 11.1 Å². The number of anilines is 1. The van der Waals surface area contributed by atoms with E-state index in [9.17, 15) is 10.1 Å². The molecule has 0 spiro atoms. The van der Waals surface area contributed by atoms with Crippen LogP contribution >= 0.6 is 22.9 Å². The van der Waals surface area contributed by atoms with Crippen LogP contribution in [-0.4, -0.2) is 10.9 Å². The highest BCUT2D eigenvalue weighted by molar-refractivity contribution is 7.13. The van der Waals surface area contributed by atoms with Crippen LogP contribution in [-0.2, 0) is 11.4 Å². The summed E-state index contributed by atoms with van der Waals surface area (Å²) in [7, 11) is 0. The third-order valence-corrected chi connectivity index (χ3v) is 4.60. The molecule has 0 radical (unpaired) electrons. The molecule has 2 aromatic carbocycles. The number of thiazole rings is 1. The van der Waals surface area contributed by atoms with E-state index in [-0.39, 0.29) is 5.57 Å². The first-order valence-electron chi connectivity index (χ1n) is 7.94. The number of carbonyl (C=O) groups excluding carboxylic acids is 1. The number of nitriles is 1. The van der Waals surface area contributed by atoms with Crippen LogP contribution in [0, 0.1) is 11.3 Å². The molecule has 3 rings (SSSR count). The Kier molecular flexibility index (Phi) is 6.21. The zero-order valence-electron chi connectivity index (χ0n) is 14.1. The zero-order valence-corrected chi connectivity index (χ0v) is 15.6. The van der Waals surface area contributed by atoms with Crippen molar-refractivity contribution in [2.24, 2.45) is 0 Å². The fraction of sp³-hybridized carbons (Fsp3) is 0.0500. The summed E-state index contributed by atoms with van der Waals surface area (Å²) < 4.78 is 5.77. The SMILES string of the molecule is N#C/C(=C\c1cccc(OCc2ccccc2Cl)c1)C(=O)Nc1nccs1. The number of hydrogen-bond acceptors (Lipinski definition) is 5. The number of amides is 1. The van der Waals surface area contributed by atoms with Crippen LogP contribution in [0.4, 0.5) is 5.13 Å². The van der Waals surface area contributed by atoms with Gasteiger partial charge in [0, 0.05) is 22.2 Å². The van der Waals surface area contributed by atoms with Crippen molar-refractivity contribution in [3.63, 3.8) is 0 Å². The minimum absolute atomic E-state index is 0.0200. The van der Waals surface area contributed by atoms with Gasteiger partial charge < -0.3 is 4.74 Å². The zero-order chi connectivity index (χ0) is 19.1. The number of halogens is 1. The Morgan fingerprint density at radius 2 is 2.15 bits per heavy atom. The summed E-state index contributed by atoms with van der Waals surface area (Å²) in [5, 5.41) is 14.7. The molecule has 3 aromatic rings. The number of nitrogens with zero attached hydrogens (tertiary/aromatic N) is 2. The molecule has 1 aromatic heterocycles. The normalized spacial score (nSPS) is 10.9. The number of rotatable bonds is 6. The molecule has 1 N–H and O–H groups in total. The number of benzene rings is 2. The molecule has 1 heterocycles. The van der Waals surface area contributed by atoms with E-state index >= 15 is 0 Å². The summed E-state index contributed by atoms with van der Waals surface area (Å²) in [6.07, 6.45) is 3.08. The van der Waals surface area contributed by atoms with Crippen molar-refractivity contribution in [3.05, 3.63) is 81.8 Å². The summed E-state index contributed by atoms with van der Waals surface area (Å²) in [6, 6.07) is 16.5. The molecular weight excluding hydrogens is 382 g/mol. The van der Waals surface area contributed by atoms with Crippen molar-refractivity contribution in [1.29, 1.82) is 5.26 Å². The highest BCUT2D eigenvalue weighted by Gasteiger charge is 2.11. The van der Waals surface area contributed by atoms with Gasteiger partial charge in [0.05, 0.1) is 0 Å². The topological polar surface area (TPSA) is 75.0 Å². The van der Waals surface area contributed by atoms with Gasteiger partial charge in [-0.25, -0.2) is 4.98 Å². The van der Waals surface area contributed by atoms with E-state index in [1.807, 2.05) is 24.3 Å². The Hall–Kier alpha value is -3.14. The van der Waals surface area contributed by atoms with Crippen LogP contribution in [0.25, 0.3) is 6.08 Å². The van der Waals surface area contributed by atoms with Gasteiger partial charge >= 0.3 is 0 Å². The first kappa shape index (κ1) is 18.6. The number of hydrogen-bond donors (Lipinski definition) is 1. The first-order chi connectivity index (χ1) is 13.2. The number of aromatic nitrogens is 1. The van der Waals surface area contributed by atoms with E-state index in [1.54, 1.807) is 41.9 Å². The van der Waals surface area contributed by atoms with Gasteiger partial charge in [-0.3, -0.25) is 10.1 Å². The van der Waals surface area contributed by atoms with Gasteiger partial charge in [-0.05, 0) is 29.8 Å². The largest absolute Gasteiger partial charge is 0.489 e. The maximum absolute atomic E-state index is 12.2. The lowest BCUT2D eigenvalue weighted by Crippen LogP contribution is -2.13. The Balaban J connectivity index is 1.72. The molecule has 0 saturated carbocycles. The Bertz CT molecular complexity index is 1010. The van der Waals surface area contributed by atoms with Crippen LogP contribution < -0.4 is 10.1 Å². The van der Waals surface area contributed by atoms with E-state index in [4.69, 9.17) is 16.3 Å². The first-order valence-corrected chi connectivity index (χ1v) is 9.20. The smallest absolute Gasteiger partial charge is 0.268 e. The monoisotopic (exact) mass is 395 g/mol. The van der Waals surface area contributed by atoms with Crippen molar-refractivity contribution in [3.8, 4) is 11.8 Å². The maximum atomic E-state index is 12.2. The second-order valence-electron chi connectivity index (χ2n) is 5.41. The molecule has 0 saturated heterocycles. The lowest BCUT2D eigenvalue weighted by molar-refractivity contribution is -0.112. The molecule has 27 heavy (non-hydrogen) atoms. The minimum atomic E-state index is -0.505. The Morgan fingerprint density at radius 3 is 2.89 bits per heavy atom. The standard InChI is InChI=1S/C20H14ClN3O2S/c21-18-7-2-1-5-15(18)13-26-17-6-3-4-14(11-17)10-16(12-22)19(25)24-20-23-8-9-27-20/h1-11H,13H2,(H,23,24,25)/b16-10+. The molecular formula is C20H14ClN3O2S. The molecule has 0 aliphatic rings. The fourth-order valence-electron chi connectivity index (χ4n) is 2.24. The number of ether oxygens (including phenoxy) is 1. The molecule has 7 heteroatoms. The second kappa shape index (κ2) is 8.99. The van der Waals surface area contributed by atoms with E-state index in [0.717, 1.165) is 5.56 Å². The van der Waals surface area contributed by atoms with Gasteiger partial charge in [-0.1, -0.05) is 41.9 Å². The Morgan fingerprint density at radius 1 is 1.30 bits per heavy atom. The third-order valence-electron chi connectivity index (χ3n) is 3.54. The molecule has 0 atom stereocenters. The Labute approximate surface area is 165 Å². The van der Waals surface area contributed by atoms with Gasteiger partial charge in [0.2, 0.25) is 0 Å². The highest BCUT2D eigenvalue weighted by Crippen LogP contribution is 2.21. The maximum Gasteiger partial charge on any atom is 0.268 e.